The van der Waals surface area contributed by atoms with E-state index in [1.165, 1.54) is 11.1 Å². The maximum atomic E-state index is 3.30. The molecule has 0 saturated heterocycles. The van der Waals surface area contributed by atoms with Crippen molar-refractivity contribution in [2.24, 2.45) is 0 Å². The maximum Gasteiger partial charge on any atom is 0.102 e. The molecule has 12 heavy (non-hydrogen) atoms. The number of hydrogen-bond acceptors (Lipinski definition) is 2. The minimum Gasteiger partial charge on any atom is -0.375 e. The Kier molecular flexibility index (Phi) is 2.09. The number of benzene rings is 1. The van der Waals surface area contributed by atoms with Crippen LogP contribution in [0.2, 0.25) is 0 Å². The summed E-state index contributed by atoms with van der Waals surface area (Å²) >= 11 is 1.82. The predicted octanol–water partition coefficient (Wildman–Crippen LogP) is 2.80. The van der Waals surface area contributed by atoms with E-state index in [4.69, 9.17) is 0 Å². The van der Waals surface area contributed by atoms with Gasteiger partial charge >= 0.3 is 0 Å². The third kappa shape index (κ3) is 1.34. The van der Waals surface area contributed by atoms with Gasteiger partial charge in [-0.2, -0.15) is 0 Å². The summed E-state index contributed by atoms with van der Waals surface area (Å²) in [7, 11) is 0. The van der Waals surface area contributed by atoms with Gasteiger partial charge in [0.25, 0.3) is 0 Å². The van der Waals surface area contributed by atoms with Crippen molar-refractivity contribution in [3.63, 3.8) is 0 Å². The zero-order chi connectivity index (χ0) is 8.39. The molecule has 0 amide bonds. The van der Waals surface area contributed by atoms with Crippen LogP contribution in [0.1, 0.15) is 16.5 Å². The molecule has 1 atom stereocenters. The molecule has 0 radical (unpaired) electrons. The van der Waals surface area contributed by atoms with Crippen molar-refractivity contribution in [1.82, 2.24) is 5.32 Å². The molecule has 0 aliphatic carbocycles. The lowest BCUT2D eigenvalue weighted by Gasteiger charge is -2.12. The van der Waals surface area contributed by atoms with E-state index in [0.29, 0.717) is 5.37 Å². The van der Waals surface area contributed by atoms with Crippen LogP contribution in [0.4, 0.5) is 0 Å². The molecule has 1 unspecified atom stereocenters. The summed E-state index contributed by atoms with van der Waals surface area (Å²) in [5.41, 5.74) is 2.73. The van der Waals surface area contributed by atoms with Gasteiger partial charge in [0.05, 0.1) is 0 Å². The highest BCUT2D eigenvalue weighted by Crippen LogP contribution is 2.32. The first-order valence-corrected chi connectivity index (χ1v) is 4.94. The van der Waals surface area contributed by atoms with Gasteiger partial charge in [-0.25, -0.2) is 0 Å². The fourth-order valence-corrected chi connectivity index (χ4v) is 2.21. The van der Waals surface area contributed by atoms with Crippen molar-refractivity contribution >= 4 is 11.8 Å². The van der Waals surface area contributed by atoms with Crippen LogP contribution in [-0.4, -0.2) is 0 Å². The van der Waals surface area contributed by atoms with Crippen LogP contribution in [-0.2, 0) is 0 Å². The minimum atomic E-state index is 0.422. The van der Waals surface area contributed by atoms with Gasteiger partial charge in [0.2, 0.25) is 0 Å². The van der Waals surface area contributed by atoms with Gasteiger partial charge in [-0.05, 0) is 23.5 Å². The van der Waals surface area contributed by atoms with Crippen molar-refractivity contribution in [3.8, 4) is 0 Å². The van der Waals surface area contributed by atoms with Crippen LogP contribution in [0.15, 0.2) is 35.9 Å². The lowest BCUT2D eigenvalue weighted by molar-refractivity contribution is 0.854. The van der Waals surface area contributed by atoms with E-state index in [9.17, 15) is 0 Å². The lowest BCUT2D eigenvalue weighted by Crippen LogP contribution is -2.08. The highest BCUT2D eigenvalue weighted by Gasteiger charge is 2.13. The molecule has 2 heteroatoms. The highest BCUT2D eigenvalue weighted by atomic mass is 32.2. The summed E-state index contributed by atoms with van der Waals surface area (Å²) in [6.45, 7) is 2.15. The van der Waals surface area contributed by atoms with E-state index >= 15 is 0 Å². The molecule has 62 valence electrons. The Labute approximate surface area is 76.9 Å². The van der Waals surface area contributed by atoms with Crippen LogP contribution >= 0.6 is 11.8 Å². The number of aryl methyl sites for hydroxylation is 1. The molecule has 2 rings (SSSR count). The number of thioether (sulfide) groups is 1. The van der Waals surface area contributed by atoms with Gasteiger partial charge in [-0.3, -0.25) is 0 Å². The van der Waals surface area contributed by atoms with Crippen molar-refractivity contribution in [2.75, 3.05) is 0 Å². The molecule has 0 fully saturated rings. The Hall–Kier alpha value is -0.890. The van der Waals surface area contributed by atoms with E-state index in [-0.39, 0.29) is 0 Å². The fraction of sp³-hybridized carbons (Fsp3) is 0.200. The minimum absolute atomic E-state index is 0.422. The van der Waals surface area contributed by atoms with Gasteiger partial charge < -0.3 is 5.32 Å². The second kappa shape index (κ2) is 3.23. The molecule has 1 heterocycles. The molecular weight excluding hydrogens is 166 g/mol. The first kappa shape index (κ1) is 7.74. The van der Waals surface area contributed by atoms with Crippen molar-refractivity contribution in [1.29, 1.82) is 0 Å². The molecular formula is C10H11NS. The van der Waals surface area contributed by atoms with Gasteiger partial charge in [-0.1, -0.05) is 24.3 Å². The molecule has 0 saturated carbocycles. The van der Waals surface area contributed by atoms with Gasteiger partial charge in [0.1, 0.15) is 5.37 Å². The monoisotopic (exact) mass is 177 g/mol. The summed E-state index contributed by atoms with van der Waals surface area (Å²) in [5, 5.41) is 5.81. The second-order valence-electron chi connectivity index (χ2n) is 2.84. The Morgan fingerprint density at radius 1 is 1.33 bits per heavy atom. The largest absolute Gasteiger partial charge is 0.375 e. The quantitative estimate of drug-likeness (QED) is 0.708. The van der Waals surface area contributed by atoms with Crippen LogP contribution in [0.25, 0.3) is 0 Å². The molecule has 1 aromatic carbocycles. The van der Waals surface area contributed by atoms with E-state index in [2.05, 4.69) is 41.9 Å². The number of nitrogens with one attached hydrogen (secondary N) is 1. The van der Waals surface area contributed by atoms with Gasteiger partial charge in [0, 0.05) is 6.20 Å². The first-order chi connectivity index (χ1) is 5.88. The summed E-state index contributed by atoms with van der Waals surface area (Å²) < 4.78 is 0. The van der Waals surface area contributed by atoms with Crippen molar-refractivity contribution in [2.45, 2.75) is 12.3 Å². The summed E-state index contributed by atoms with van der Waals surface area (Å²) in [4.78, 5) is 0. The summed E-state index contributed by atoms with van der Waals surface area (Å²) in [6, 6.07) is 8.48. The predicted molar refractivity (Wildman–Crippen MR) is 53.8 cm³/mol. The molecule has 1 aliphatic rings. The Bertz CT molecular complexity index is 298. The third-order valence-electron chi connectivity index (χ3n) is 2.00. The van der Waals surface area contributed by atoms with E-state index in [0.717, 1.165) is 0 Å². The second-order valence-corrected chi connectivity index (χ2v) is 3.86. The topological polar surface area (TPSA) is 12.0 Å². The molecule has 1 N–H and O–H groups in total. The van der Waals surface area contributed by atoms with Crippen LogP contribution in [0.5, 0.6) is 0 Å². The number of hydrogen-bond donors (Lipinski definition) is 1. The van der Waals surface area contributed by atoms with Gasteiger partial charge in [0.15, 0.2) is 0 Å². The molecule has 0 aromatic heterocycles. The normalized spacial score (nSPS) is 20.9. The molecule has 0 bridgehead atoms. The summed E-state index contributed by atoms with van der Waals surface area (Å²) in [5.74, 6) is 0. The Balaban J connectivity index is 2.27. The average Bonchev–Trinajstić information content (AvgIpc) is 2.57. The fourth-order valence-electron chi connectivity index (χ4n) is 1.33. The first-order valence-electron chi connectivity index (χ1n) is 4.00. The molecule has 1 nitrogen and oxygen atoms in total. The smallest absolute Gasteiger partial charge is 0.102 e. The van der Waals surface area contributed by atoms with Crippen LogP contribution < -0.4 is 5.32 Å². The third-order valence-corrected chi connectivity index (χ3v) is 2.96. The van der Waals surface area contributed by atoms with E-state index in [1.807, 2.05) is 18.0 Å². The maximum absolute atomic E-state index is 3.30. The molecule has 1 aliphatic heterocycles. The SMILES string of the molecule is Cc1ccccc1C1NC=CS1. The van der Waals surface area contributed by atoms with Crippen molar-refractivity contribution < 1.29 is 0 Å². The van der Waals surface area contributed by atoms with E-state index < -0.39 is 0 Å². The van der Waals surface area contributed by atoms with E-state index in [1.54, 1.807) is 0 Å². The Morgan fingerprint density at radius 3 is 2.83 bits per heavy atom. The zero-order valence-electron chi connectivity index (χ0n) is 6.95. The number of rotatable bonds is 1. The van der Waals surface area contributed by atoms with Crippen LogP contribution in [0, 0.1) is 6.92 Å². The zero-order valence-corrected chi connectivity index (χ0v) is 7.77. The van der Waals surface area contributed by atoms with Crippen molar-refractivity contribution in [3.05, 3.63) is 47.0 Å². The molecule has 0 spiro atoms. The van der Waals surface area contributed by atoms with Crippen LogP contribution in [0.3, 0.4) is 0 Å². The average molecular weight is 177 g/mol. The Morgan fingerprint density at radius 2 is 2.17 bits per heavy atom. The highest BCUT2D eigenvalue weighted by molar-refractivity contribution is 8.02. The lowest BCUT2D eigenvalue weighted by atomic mass is 10.1. The standard InChI is InChI=1S/C10H11NS/c1-8-4-2-3-5-9(8)10-11-6-7-12-10/h2-7,10-11H,1H3. The molecule has 1 aromatic rings. The van der Waals surface area contributed by atoms with Gasteiger partial charge in [-0.15, -0.1) is 11.8 Å². The summed E-state index contributed by atoms with van der Waals surface area (Å²) in [6.07, 6.45) is 2.00.